The summed E-state index contributed by atoms with van der Waals surface area (Å²) in [5, 5.41) is 7.09. The molecule has 2 N–H and O–H groups in total. The van der Waals surface area contributed by atoms with E-state index in [1.54, 1.807) is 0 Å². The summed E-state index contributed by atoms with van der Waals surface area (Å²) in [4.78, 5) is 2.87. The molecule has 0 aromatic carbocycles. The first-order chi connectivity index (χ1) is 7.74. The summed E-state index contributed by atoms with van der Waals surface area (Å²) in [6, 6.07) is 5.14. The number of hydrogen-bond acceptors (Lipinski definition) is 3. The van der Waals surface area contributed by atoms with Gasteiger partial charge >= 0.3 is 0 Å². The van der Waals surface area contributed by atoms with Crippen LogP contribution in [-0.4, -0.2) is 19.1 Å². The van der Waals surface area contributed by atoms with Gasteiger partial charge in [0.25, 0.3) is 0 Å². The predicted octanol–water partition coefficient (Wildman–Crippen LogP) is 2.53. The van der Waals surface area contributed by atoms with E-state index in [2.05, 4.69) is 36.6 Å². The second kappa shape index (κ2) is 5.80. The first-order valence-corrected chi connectivity index (χ1v) is 7.05. The van der Waals surface area contributed by atoms with Crippen LogP contribution in [0.3, 0.4) is 0 Å². The quantitative estimate of drug-likeness (QED) is 0.842. The molecule has 2 nitrogen and oxygen atoms in total. The topological polar surface area (TPSA) is 24.1 Å². The van der Waals surface area contributed by atoms with E-state index in [-0.39, 0.29) is 0 Å². The molecule has 2 rings (SSSR count). The van der Waals surface area contributed by atoms with Gasteiger partial charge in [0, 0.05) is 22.3 Å². The average molecular weight is 238 g/mol. The minimum atomic E-state index is 0.699. The number of thiophene rings is 1. The van der Waals surface area contributed by atoms with Gasteiger partial charge in [0.05, 0.1) is 0 Å². The summed E-state index contributed by atoms with van der Waals surface area (Å²) in [6.45, 7) is 7.85. The van der Waals surface area contributed by atoms with E-state index in [1.807, 2.05) is 11.3 Å². The number of nitrogens with one attached hydrogen (secondary N) is 2. The lowest BCUT2D eigenvalue weighted by Gasteiger charge is -2.28. The van der Waals surface area contributed by atoms with Crippen LogP contribution in [0.2, 0.25) is 0 Å². The van der Waals surface area contributed by atoms with Crippen LogP contribution in [0.1, 0.15) is 29.5 Å². The summed E-state index contributed by atoms with van der Waals surface area (Å²) in [5.74, 6) is 0.859. The van der Waals surface area contributed by atoms with Crippen molar-refractivity contribution < 1.29 is 0 Å². The summed E-state index contributed by atoms with van der Waals surface area (Å²) in [7, 11) is 0. The largest absolute Gasteiger partial charge is 0.314 e. The molecule has 2 unspecified atom stereocenters. The fraction of sp³-hybridized carbons (Fsp3) is 0.692. The Morgan fingerprint density at radius 3 is 3.06 bits per heavy atom. The number of rotatable bonds is 4. The van der Waals surface area contributed by atoms with E-state index < -0.39 is 0 Å². The Balaban J connectivity index is 1.67. The highest BCUT2D eigenvalue weighted by atomic mass is 32.1. The van der Waals surface area contributed by atoms with Gasteiger partial charge in [0.1, 0.15) is 0 Å². The van der Waals surface area contributed by atoms with Crippen molar-refractivity contribution in [3.05, 3.63) is 21.9 Å². The summed E-state index contributed by atoms with van der Waals surface area (Å²) in [6.07, 6.45) is 2.64. The molecule has 1 aromatic rings. The van der Waals surface area contributed by atoms with Crippen molar-refractivity contribution in [3.8, 4) is 0 Å². The van der Waals surface area contributed by atoms with E-state index in [4.69, 9.17) is 0 Å². The molecule has 2 atom stereocenters. The van der Waals surface area contributed by atoms with Gasteiger partial charge in [-0.05, 0) is 57.8 Å². The molecular weight excluding hydrogens is 216 g/mol. The third-order valence-electron chi connectivity index (χ3n) is 3.26. The zero-order valence-corrected chi connectivity index (χ0v) is 11.1. The summed E-state index contributed by atoms with van der Waals surface area (Å²) in [5.41, 5.74) is 0. The molecule has 1 aromatic heterocycles. The summed E-state index contributed by atoms with van der Waals surface area (Å²) < 4.78 is 0. The van der Waals surface area contributed by atoms with Gasteiger partial charge in [-0.3, -0.25) is 0 Å². The van der Waals surface area contributed by atoms with Crippen LogP contribution < -0.4 is 10.6 Å². The highest BCUT2D eigenvalue weighted by Crippen LogP contribution is 2.17. The van der Waals surface area contributed by atoms with Gasteiger partial charge in [0.15, 0.2) is 0 Å². The lowest BCUT2D eigenvalue weighted by molar-refractivity contribution is 0.304. The average Bonchev–Trinajstić information content (AvgIpc) is 2.64. The molecule has 0 amide bonds. The fourth-order valence-corrected chi connectivity index (χ4v) is 3.26. The van der Waals surface area contributed by atoms with Gasteiger partial charge in [-0.2, -0.15) is 0 Å². The molecule has 90 valence electrons. The van der Waals surface area contributed by atoms with Crippen molar-refractivity contribution in [1.29, 1.82) is 0 Å². The summed E-state index contributed by atoms with van der Waals surface area (Å²) >= 11 is 1.90. The molecule has 1 aliphatic heterocycles. The molecule has 0 spiro atoms. The lowest BCUT2D eigenvalue weighted by atomic mass is 9.93. The van der Waals surface area contributed by atoms with Crippen molar-refractivity contribution in [3.63, 3.8) is 0 Å². The van der Waals surface area contributed by atoms with E-state index in [1.165, 1.54) is 35.7 Å². The monoisotopic (exact) mass is 238 g/mol. The van der Waals surface area contributed by atoms with Crippen molar-refractivity contribution in [2.24, 2.45) is 5.92 Å². The van der Waals surface area contributed by atoms with Crippen molar-refractivity contribution in [1.82, 2.24) is 10.6 Å². The third kappa shape index (κ3) is 3.58. The molecule has 16 heavy (non-hydrogen) atoms. The number of hydrogen-bond donors (Lipinski definition) is 2. The molecular formula is C13H22N2S. The number of piperidine rings is 1. The van der Waals surface area contributed by atoms with Gasteiger partial charge in [-0.25, -0.2) is 0 Å². The van der Waals surface area contributed by atoms with Crippen LogP contribution in [0.4, 0.5) is 0 Å². The molecule has 0 aliphatic carbocycles. The Morgan fingerprint density at radius 1 is 1.50 bits per heavy atom. The maximum absolute atomic E-state index is 3.59. The minimum absolute atomic E-state index is 0.699. The Kier molecular flexibility index (Phi) is 4.38. The normalized spacial score (nSPS) is 25.9. The molecule has 3 heteroatoms. The lowest BCUT2D eigenvalue weighted by Crippen LogP contribution is -2.39. The van der Waals surface area contributed by atoms with Crippen LogP contribution >= 0.6 is 11.3 Å². The molecule has 0 radical (unpaired) electrons. The smallest absolute Gasteiger partial charge is 0.0299 e. The van der Waals surface area contributed by atoms with E-state index in [0.29, 0.717) is 6.04 Å². The third-order valence-corrected chi connectivity index (χ3v) is 4.26. The maximum atomic E-state index is 3.59. The van der Waals surface area contributed by atoms with E-state index in [9.17, 15) is 0 Å². The fourth-order valence-electron chi connectivity index (χ4n) is 2.40. The molecule has 0 bridgehead atoms. The van der Waals surface area contributed by atoms with Gasteiger partial charge in [0.2, 0.25) is 0 Å². The van der Waals surface area contributed by atoms with Crippen LogP contribution in [0.15, 0.2) is 12.1 Å². The van der Waals surface area contributed by atoms with Crippen LogP contribution in [0, 0.1) is 12.8 Å². The maximum Gasteiger partial charge on any atom is 0.0299 e. The Hall–Kier alpha value is -0.380. The number of aryl methyl sites for hydroxylation is 1. The van der Waals surface area contributed by atoms with Crippen LogP contribution in [0.25, 0.3) is 0 Å². The Morgan fingerprint density at radius 2 is 2.38 bits per heavy atom. The Bertz CT molecular complexity index is 321. The zero-order chi connectivity index (χ0) is 11.4. The molecule has 0 saturated carbocycles. The van der Waals surface area contributed by atoms with Crippen molar-refractivity contribution in [2.45, 2.75) is 39.3 Å². The first-order valence-electron chi connectivity index (χ1n) is 6.23. The first kappa shape index (κ1) is 12.1. The second-order valence-electron chi connectivity index (χ2n) is 4.89. The van der Waals surface area contributed by atoms with Crippen molar-refractivity contribution >= 4 is 11.3 Å². The van der Waals surface area contributed by atoms with Gasteiger partial charge < -0.3 is 10.6 Å². The highest BCUT2D eigenvalue weighted by molar-refractivity contribution is 7.11. The van der Waals surface area contributed by atoms with Crippen LogP contribution in [-0.2, 0) is 6.54 Å². The molecule has 1 fully saturated rings. The Labute approximate surface area is 102 Å². The van der Waals surface area contributed by atoms with Gasteiger partial charge in [-0.15, -0.1) is 11.3 Å². The SMILES string of the molecule is Cc1ccc(CNCC2CCNC(C)C2)s1. The van der Waals surface area contributed by atoms with Crippen LogP contribution in [0.5, 0.6) is 0 Å². The van der Waals surface area contributed by atoms with E-state index in [0.717, 1.165) is 12.5 Å². The highest BCUT2D eigenvalue weighted by Gasteiger charge is 2.17. The molecule has 2 heterocycles. The second-order valence-corrected chi connectivity index (χ2v) is 6.26. The standard InChI is InChI=1S/C13H22N2S/c1-10-7-12(5-6-15-10)8-14-9-13-4-3-11(2)16-13/h3-4,10,12,14-15H,5-9H2,1-2H3. The van der Waals surface area contributed by atoms with E-state index >= 15 is 0 Å². The molecule has 1 aliphatic rings. The zero-order valence-electron chi connectivity index (χ0n) is 10.3. The molecule has 1 saturated heterocycles. The minimum Gasteiger partial charge on any atom is -0.314 e. The van der Waals surface area contributed by atoms with Crippen molar-refractivity contribution in [2.75, 3.05) is 13.1 Å². The predicted molar refractivity (Wildman–Crippen MR) is 71.0 cm³/mol. The van der Waals surface area contributed by atoms with Gasteiger partial charge in [-0.1, -0.05) is 0 Å².